The van der Waals surface area contributed by atoms with E-state index in [1.807, 2.05) is 60.7 Å². The van der Waals surface area contributed by atoms with E-state index in [9.17, 15) is 9.59 Å². The molecule has 7 nitrogen and oxygen atoms in total. The lowest BCUT2D eigenvalue weighted by atomic mass is 9.85. The predicted octanol–water partition coefficient (Wildman–Crippen LogP) is 4.03. The second-order valence-corrected chi connectivity index (χ2v) is 11.0. The Balaban J connectivity index is 1.47. The molecule has 2 aromatic rings. The summed E-state index contributed by atoms with van der Waals surface area (Å²) in [6, 6.07) is 19.0. The molecule has 3 aliphatic rings. The maximum absolute atomic E-state index is 14.3. The lowest BCUT2D eigenvalue weighted by Crippen LogP contribution is -2.60. The van der Waals surface area contributed by atoms with Crippen molar-refractivity contribution < 1.29 is 28.3 Å². The maximum atomic E-state index is 14.3. The molecular formula is C30H39N2O5+. The van der Waals surface area contributed by atoms with Crippen LogP contribution in [0.3, 0.4) is 0 Å². The fourth-order valence-corrected chi connectivity index (χ4v) is 7.02. The summed E-state index contributed by atoms with van der Waals surface area (Å²) in [5.41, 5.74) is 5.35. The number of carbonyl (C=O) groups is 2. The predicted molar refractivity (Wildman–Crippen MR) is 139 cm³/mol. The second-order valence-electron chi connectivity index (χ2n) is 11.0. The lowest BCUT2D eigenvalue weighted by Gasteiger charge is -2.47. The van der Waals surface area contributed by atoms with E-state index in [1.165, 1.54) is 43.3 Å². The van der Waals surface area contributed by atoms with Crippen molar-refractivity contribution in [2.24, 2.45) is 5.73 Å². The van der Waals surface area contributed by atoms with Crippen LogP contribution in [0.1, 0.15) is 63.5 Å². The number of nitrogens with two attached hydrogens (primary N) is 1. The standard InChI is InChI=1S/C30H39N2O5/c1-21(31)28(33)35-22(2)37-30(23-11-5-3-6-12-23,24-13-7-4-8-14-24)29(34)36-27-19-25-15-16-26(20-27)32(25)17-9-10-18-32/h3-8,11-14,21-22,25-27H,9-10,15-20,31H2,1-2H3/q+1/t21-,22+,25?,26?,27?/m0/s1. The van der Waals surface area contributed by atoms with Crippen LogP contribution in [-0.4, -0.2) is 60.0 Å². The van der Waals surface area contributed by atoms with Crippen molar-refractivity contribution >= 4 is 11.9 Å². The van der Waals surface area contributed by atoms with Crippen molar-refractivity contribution in [2.45, 2.75) is 88.5 Å². The molecular weight excluding hydrogens is 468 g/mol. The van der Waals surface area contributed by atoms with E-state index in [0.29, 0.717) is 23.2 Å². The van der Waals surface area contributed by atoms with Gasteiger partial charge in [-0.05, 0) is 25.0 Å². The Morgan fingerprint density at radius 1 is 0.892 bits per heavy atom. The molecule has 0 aliphatic carbocycles. The molecule has 0 radical (unpaired) electrons. The molecule has 2 N–H and O–H groups in total. The molecule has 3 fully saturated rings. The Kier molecular flexibility index (Phi) is 7.39. The van der Waals surface area contributed by atoms with Crippen molar-refractivity contribution in [1.29, 1.82) is 0 Å². The minimum Gasteiger partial charge on any atom is -0.459 e. The third kappa shape index (κ3) is 4.80. The van der Waals surface area contributed by atoms with Crippen LogP contribution < -0.4 is 5.73 Å². The molecule has 0 saturated carbocycles. The fraction of sp³-hybridized carbons (Fsp3) is 0.533. The van der Waals surface area contributed by atoms with Crippen molar-refractivity contribution in [2.75, 3.05) is 13.1 Å². The van der Waals surface area contributed by atoms with E-state index in [0.717, 1.165) is 12.8 Å². The largest absolute Gasteiger partial charge is 0.459 e. The quantitative estimate of drug-likeness (QED) is 0.330. The second kappa shape index (κ2) is 10.6. The van der Waals surface area contributed by atoms with Gasteiger partial charge in [-0.1, -0.05) is 60.7 Å². The number of hydrogen-bond acceptors (Lipinski definition) is 6. The Labute approximate surface area is 219 Å². The van der Waals surface area contributed by atoms with E-state index in [4.69, 9.17) is 19.9 Å². The van der Waals surface area contributed by atoms with E-state index in [-0.39, 0.29) is 6.10 Å². The molecule has 2 aromatic carbocycles. The van der Waals surface area contributed by atoms with Crippen molar-refractivity contribution in [1.82, 2.24) is 0 Å². The summed E-state index contributed by atoms with van der Waals surface area (Å²) in [6.07, 6.45) is 5.60. The average molecular weight is 508 g/mol. The van der Waals surface area contributed by atoms with Crippen molar-refractivity contribution in [3.8, 4) is 0 Å². The highest BCUT2D eigenvalue weighted by molar-refractivity contribution is 5.86. The smallest absolute Gasteiger partial charge is 0.348 e. The summed E-state index contributed by atoms with van der Waals surface area (Å²) in [6.45, 7) is 5.69. The van der Waals surface area contributed by atoms with Gasteiger partial charge in [0.1, 0.15) is 12.1 Å². The molecule has 5 rings (SSSR count). The van der Waals surface area contributed by atoms with Crippen LogP contribution >= 0.6 is 0 Å². The zero-order chi connectivity index (χ0) is 26.0. The molecule has 3 aliphatic heterocycles. The normalized spacial score (nSPS) is 26.0. The average Bonchev–Trinajstić information content (AvgIpc) is 3.44. The maximum Gasteiger partial charge on any atom is 0.348 e. The topological polar surface area (TPSA) is 87.9 Å². The molecule has 0 aromatic heterocycles. The first-order valence-corrected chi connectivity index (χ1v) is 13.7. The van der Waals surface area contributed by atoms with Crippen molar-refractivity contribution in [3.63, 3.8) is 0 Å². The molecule has 198 valence electrons. The highest BCUT2D eigenvalue weighted by Crippen LogP contribution is 2.47. The Bertz CT molecular complexity index is 1030. The van der Waals surface area contributed by atoms with Crippen LogP contribution in [0, 0.1) is 0 Å². The molecule has 0 amide bonds. The number of esters is 2. The van der Waals surface area contributed by atoms with Crippen molar-refractivity contribution in [3.05, 3.63) is 71.8 Å². The van der Waals surface area contributed by atoms with Gasteiger partial charge >= 0.3 is 11.9 Å². The fourth-order valence-electron chi connectivity index (χ4n) is 7.02. The first kappa shape index (κ1) is 25.9. The van der Waals surface area contributed by atoms with Gasteiger partial charge < -0.3 is 24.4 Å². The Hall–Kier alpha value is -2.74. The van der Waals surface area contributed by atoms with Crippen LogP contribution in [0.5, 0.6) is 0 Å². The minimum atomic E-state index is -1.60. The van der Waals surface area contributed by atoms with Crippen LogP contribution in [0.4, 0.5) is 0 Å². The molecule has 3 saturated heterocycles. The third-order valence-corrected chi connectivity index (χ3v) is 8.67. The number of piperidine rings is 1. The van der Waals surface area contributed by atoms with E-state index in [1.54, 1.807) is 13.8 Å². The highest BCUT2D eigenvalue weighted by Gasteiger charge is 2.57. The Morgan fingerprint density at radius 2 is 1.41 bits per heavy atom. The van der Waals surface area contributed by atoms with Gasteiger partial charge in [0.2, 0.25) is 11.9 Å². The number of ether oxygens (including phenoxy) is 3. The molecule has 2 bridgehead atoms. The van der Waals surface area contributed by atoms with E-state index in [2.05, 4.69) is 0 Å². The van der Waals surface area contributed by atoms with Crippen LogP contribution in [-0.2, 0) is 29.4 Å². The summed E-state index contributed by atoms with van der Waals surface area (Å²) >= 11 is 0. The third-order valence-electron chi connectivity index (χ3n) is 8.67. The van der Waals surface area contributed by atoms with Crippen LogP contribution in [0.25, 0.3) is 0 Å². The minimum absolute atomic E-state index is 0.160. The molecule has 2 unspecified atom stereocenters. The first-order valence-electron chi connectivity index (χ1n) is 13.7. The van der Waals surface area contributed by atoms with E-state index >= 15 is 0 Å². The van der Waals surface area contributed by atoms with Gasteiger partial charge in [0.25, 0.3) is 0 Å². The van der Waals surface area contributed by atoms with Gasteiger partial charge in [-0.25, -0.2) is 4.79 Å². The summed E-state index contributed by atoms with van der Waals surface area (Å²) < 4.78 is 19.5. The monoisotopic (exact) mass is 507 g/mol. The highest BCUT2D eigenvalue weighted by atomic mass is 16.7. The SMILES string of the molecule is C[C@H](OC(=O)[C@H](C)N)OC(C(=O)OC1CC2CCC(C1)[N+]21CCCC1)(c1ccccc1)c1ccccc1. The first-order chi connectivity index (χ1) is 17.8. The molecule has 37 heavy (non-hydrogen) atoms. The summed E-state index contributed by atoms with van der Waals surface area (Å²) in [5, 5.41) is 0. The van der Waals surface area contributed by atoms with Crippen LogP contribution in [0.2, 0.25) is 0 Å². The summed E-state index contributed by atoms with van der Waals surface area (Å²) in [7, 11) is 0. The summed E-state index contributed by atoms with van der Waals surface area (Å²) in [4.78, 5) is 26.6. The van der Waals surface area contributed by atoms with Gasteiger partial charge in [0.05, 0.1) is 25.2 Å². The molecule has 1 spiro atoms. The zero-order valence-electron chi connectivity index (χ0n) is 21.9. The molecule has 4 atom stereocenters. The number of rotatable bonds is 8. The van der Waals surface area contributed by atoms with Gasteiger partial charge in [-0.2, -0.15) is 0 Å². The lowest BCUT2D eigenvalue weighted by molar-refractivity contribution is -0.956. The zero-order valence-corrected chi connectivity index (χ0v) is 21.9. The summed E-state index contributed by atoms with van der Waals surface area (Å²) in [5.74, 6) is -1.08. The molecule has 7 heteroatoms. The number of quaternary nitrogens is 1. The number of benzene rings is 2. The van der Waals surface area contributed by atoms with Gasteiger partial charge in [0, 0.05) is 38.5 Å². The molecule has 3 heterocycles. The van der Waals surface area contributed by atoms with E-state index < -0.39 is 29.9 Å². The number of hydrogen-bond donors (Lipinski definition) is 1. The number of carbonyl (C=O) groups excluding carboxylic acids is 2. The number of nitrogens with zero attached hydrogens (tertiary/aromatic N) is 1. The Morgan fingerprint density at radius 3 is 1.89 bits per heavy atom. The van der Waals surface area contributed by atoms with Gasteiger partial charge in [-0.3, -0.25) is 4.79 Å². The van der Waals surface area contributed by atoms with Gasteiger partial charge in [0.15, 0.2) is 0 Å². The van der Waals surface area contributed by atoms with Crippen LogP contribution in [0.15, 0.2) is 60.7 Å². The van der Waals surface area contributed by atoms with Gasteiger partial charge in [-0.15, -0.1) is 0 Å².